The first-order chi connectivity index (χ1) is 12.5. The summed E-state index contributed by atoms with van der Waals surface area (Å²) in [6.07, 6.45) is 1.51. The first kappa shape index (κ1) is 17.9. The second-order valence-electron chi connectivity index (χ2n) is 6.20. The van der Waals surface area contributed by atoms with Crippen molar-refractivity contribution in [3.8, 4) is 0 Å². The van der Waals surface area contributed by atoms with Gasteiger partial charge in [-0.2, -0.15) is 0 Å². The molecule has 26 heavy (non-hydrogen) atoms. The molecule has 7 nitrogen and oxygen atoms in total. The Kier molecular flexibility index (Phi) is 5.18. The van der Waals surface area contributed by atoms with Crippen LogP contribution in [0.1, 0.15) is 16.8 Å². The number of aromatic nitrogens is 1. The molecule has 7 heteroatoms. The van der Waals surface area contributed by atoms with Crippen molar-refractivity contribution in [2.75, 3.05) is 25.6 Å². The summed E-state index contributed by atoms with van der Waals surface area (Å²) in [7, 11) is 3.41. The van der Waals surface area contributed by atoms with E-state index < -0.39 is 12.0 Å². The standard InChI is InChI=1S/C19H21N3O4/c1-21(14-6-4-3-5-7-14)17-9-8-13(11-20-17)18(23)22-12-15(26-2)10-16(22)19(24)25/h3-9,11,15-16H,10,12H2,1-2H3,(H,24,25). The number of methoxy groups -OCH3 is 1. The molecule has 3 rings (SSSR count). The van der Waals surface area contributed by atoms with Crippen LogP contribution in [0.5, 0.6) is 0 Å². The SMILES string of the molecule is COC1CC(C(=O)O)N(C(=O)c2ccc(N(C)c3ccccc3)nc2)C1. The van der Waals surface area contributed by atoms with Crippen molar-refractivity contribution in [1.82, 2.24) is 9.88 Å². The lowest BCUT2D eigenvalue weighted by Gasteiger charge is -2.22. The minimum Gasteiger partial charge on any atom is -0.480 e. The monoisotopic (exact) mass is 355 g/mol. The molecule has 0 aliphatic carbocycles. The number of amides is 1. The second-order valence-corrected chi connectivity index (χ2v) is 6.20. The molecule has 1 aliphatic heterocycles. The number of pyridine rings is 1. The molecule has 136 valence electrons. The van der Waals surface area contributed by atoms with E-state index in [-0.39, 0.29) is 18.6 Å². The molecular weight excluding hydrogens is 334 g/mol. The fraction of sp³-hybridized carbons (Fsp3) is 0.316. The third kappa shape index (κ3) is 3.52. The number of aliphatic carboxylic acids is 1. The Morgan fingerprint density at radius 2 is 1.96 bits per heavy atom. The van der Waals surface area contributed by atoms with Crippen molar-refractivity contribution in [1.29, 1.82) is 0 Å². The number of rotatable bonds is 5. The topological polar surface area (TPSA) is 83.0 Å². The number of carbonyl (C=O) groups is 2. The van der Waals surface area contributed by atoms with Gasteiger partial charge < -0.3 is 19.6 Å². The van der Waals surface area contributed by atoms with E-state index in [4.69, 9.17) is 4.74 Å². The highest BCUT2D eigenvalue weighted by Gasteiger charge is 2.40. The number of benzene rings is 1. The number of anilines is 2. The Balaban J connectivity index is 1.77. The van der Waals surface area contributed by atoms with Crippen LogP contribution in [-0.4, -0.2) is 59.7 Å². The molecule has 2 atom stereocenters. The van der Waals surface area contributed by atoms with Crippen molar-refractivity contribution in [3.05, 3.63) is 54.2 Å². The number of likely N-dealkylation sites (tertiary alicyclic amines) is 1. The predicted molar refractivity (Wildman–Crippen MR) is 96.6 cm³/mol. The summed E-state index contributed by atoms with van der Waals surface area (Å²) < 4.78 is 5.23. The number of carboxylic acids is 1. The summed E-state index contributed by atoms with van der Waals surface area (Å²) in [5.74, 6) is -0.677. The van der Waals surface area contributed by atoms with Crippen molar-refractivity contribution >= 4 is 23.4 Å². The van der Waals surface area contributed by atoms with E-state index in [1.54, 1.807) is 12.1 Å². The fourth-order valence-corrected chi connectivity index (χ4v) is 3.09. The van der Waals surface area contributed by atoms with Gasteiger partial charge in [0.15, 0.2) is 0 Å². The van der Waals surface area contributed by atoms with E-state index in [2.05, 4.69) is 4.98 Å². The predicted octanol–water partition coefficient (Wildman–Crippen LogP) is 2.16. The summed E-state index contributed by atoms with van der Waals surface area (Å²) >= 11 is 0. The normalized spacial score (nSPS) is 19.4. The largest absolute Gasteiger partial charge is 0.480 e. The maximum atomic E-state index is 12.7. The summed E-state index contributed by atoms with van der Waals surface area (Å²) in [5.41, 5.74) is 1.34. The summed E-state index contributed by atoms with van der Waals surface area (Å²) in [6, 6.07) is 12.3. The van der Waals surface area contributed by atoms with E-state index in [9.17, 15) is 14.7 Å². The Labute approximate surface area is 151 Å². The van der Waals surface area contributed by atoms with E-state index >= 15 is 0 Å². The number of ether oxygens (including phenoxy) is 1. The molecule has 0 saturated carbocycles. The van der Waals surface area contributed by atoms with Crippen molar-refractivity contribution in [3.63, 3.8) is 0 Å². The van der Waals surface area contributed by atoms with Crippen molar-refractivity contribution in [2.24, 2.45) is 0 Å². The molecule has 2 aromatic rings. The highest BCUT2D eigenvalue weighted by Crippen LogP contribution is 2.24. The van der Waals surface area contributed by atoms with Gasteiger partial charge in [0.25, 0.3) is 5.91 Å². The number of para-hydroxylation sites is 1. The van der Waals surface area contributed by atoms with E-state index in [0.29, 0.717) is 17.8 Å². The Morgan fingerprint density at radius 1 is 1.23 bits per heavy atom. The van der Waals surface area contributed by atoms with E-state index in [1.165, 1.54) is 18.2 Å². The zero-order valence-electron chi connectivity index (χ0n) is 14.7. The minimum absolute atomic E-state index is 0.262. The van der Waals surface area contributed by atoms with Gasteiger partial charge in [0, 0.05) is 39.0 Å². The Hall–Kier alpha value is -2.93. The van der Waals surface area contributed by atoms with Crippen LogP contribution in [0.15, 0.2) is 48.7 Å². The third-order valence-corrected chi connectivity index (χ3v) is 4.62. The van der Waals surface area contributed by atoms with Crippen LogP contribution in [0.3, 0.4) is 0 Å². The molecule has 1 N–H and O–H groups in total. The Bertz CT molecular complexity index is 779. The number of carbonyl (C=O) groups excluding carboxylic acids is 1. The average Bonchev–Trinajstić information content (AvgIpc) is 3.12. The number of hydrogen-bond donors (Lipinski definition) is 1. The van der Waals surface area contributed by atoms with Crippen LogP contribution in [0.2, 0.25) is 0 Å². The minimum atomic E-state index is -1.02. The fourth-order valence-electron chi connectivity index (χ4n) is 3.09. The highest BCUT2D eigenvalue weighted by atomic mass is 16.5. The zero-order valence-corrected chi connectivity index (χ0v) is 14.7. The lowest BCUT2D eigenvalue weighted by atomic mass is 10.2. The summed E-state index contributed by atoms with van der Waals surface area (Å²) in [4.78, 5) is 31.8. The molecular formula is C19H21N3O4. The molecule has 0 radical (unpaired) electrons. The summed E-state index contributed by atoms with van der Waals surface area (Å²) in [5, 5.41) is 9.36. The lowest BCUT2D eigenvalue weighted by Crippen LogP contribution is -2.40. The smallest absolute Gasteiger partial charge is 0.326 e. The molecule has 2 unspecified atom stereocenters. The van der Waals surface area contributed by atoms with Crippen LogP contribution >= 0.6 is 0 Å². The molecule has 1 aliphatic rings. The molecule has 1 saturated heterocycles. The summed E-state index contributed by atoms with van der Waals surface area (Å²) in [6.45, 7) is 0.262. The molecule has 0 spiro atoms. The first-order valence-corrected chi connectivity index (χ1v) is 8.32. The van der Waals surface area contributed by atoms with Gasteiger partial charge >= 0.3 is 5.97 Å². The Morgan fingerprint density at radius 3 is 2.54 bits per heavy atom. The van der Waals surface area contributed by atoms with Crippen molar-refractivity contribution in [2.45, 2.75) is 18.6 Å². The van der Waals surface area contributed by atoms with Gasteiger partial charge in [-0.05, 0) is 24.3 Å². The molecule has 1 aromatic heterocycles. The second kappa shape index (κ2) is 7.53. The maximum absolute atomic E-state index is 12.7. The highest BCUT2D eigenvalue weighted by molar-refractivity contribution is 5.97. The van der Waals surface area contributed by atoms with Gasteiger partial charge in [0.05, 0.1) is 11.7 Å². The van der Waals surface area contributed by atoms with Gasteiger partial charge in [0.1, 0.15) is 11.9 Å². The maximum Gasteiger partial charge on any atom is 0.326 e. The van der Waals surface area contributed by atoms with Gasteiger partial charge in [-0.3, -0.25) is 4.79 Å². The number of hydrogen-bond acceptors (Lipinski definition) is 5. The van der Waals surface area contributed by atoms with Gasteiger partial charge in [-0.1, -0.05) is 18.2 Å². The van der Waals surface area contributed by atoms with Crippen LogP contribution in [-0.2, 0) is 9.53 Å². The zero-order chi connectivity index (χ0) is 18.7. The molecule has 2 heterocycles. The lowest BCUT2D eigenvalue weighted by molar-refractivity contribution is -0.141. The van der Waals surface area contributed by atoms with E-state index in [1.807, 2.05) is 42.3 Å². The molecule has 1 fully saturated rings. The number of nitrogens with zero attached hydrogens (tertiary/aromatic N) is 3. The molecule has 1 amide bonds. The van der Waals surface area contributed by atoms with Crippen LogP contribution < -0.4 is 4.90 Å². The van der Waals surface area contributed by atoms with Crippen LogP contribution in [0, 0.1) is 0 Å². The van der Waals surface area contributed by atoms with Gasteiger partial charge in [0.2, 0.25) is 0 Å². The van der Waals surface area contributed by atoms with Crippen LogP contribution in [0.4, 0.5) is 11.5 Å². The average molecular weight is 355 g/mol. The van der Waals surface area contributed by atoms with Gasteiger partial charge in [-0.25, -0.2) is 9.78 Å². The molecule has 1 aromatic carbocycles. The van der Waals surface area contributed by atoms with E-state index in [0.717, 1.165) is 5.69 Å². The third-order valence-electron chi connectivity index (χ3n) is 4.62. The van der Waals surface area contributed by atoms with Gasteiger partial charge in [-0.15, -0.1) is 0 Å². The van der Waals surface area contributed by atoms with Crippen LogP contribution in [0.25, 0.3) is 0 Å². The first-order valence-electron chi connectivity index (χ1n) is 8.32. The quantitative estimate of drug-likeness (QED) is 0.885. The van der Waals surface area contributed by atoms with Crippen molar-refractivity contribution < 1.29 is 19.4 Å². The molecule has 0 bridgehead atoms. The number of carboxylic acid groups (broad SMARTS) is 1.